The molecule has 1 aliphatic heterocycles. The van der Waals surface area contributed by atoms with Crippen LogP contribution in [0.15, 0.2) is 53.5 Å². The highest BCUT2D eigenvalue weighted by Gasteiger charge is 2.37. The summed E-state index contributed by atoms with van der Waals surface area (Å²) in [6.07, 6.45) is -5.85. The Hall–Kier alpha value is -3.47. The van der Waals surface area contributed by atoms with Gasteiger partial charge < -0.3 is 15.3 Å². The Kier molecular flexibility index (Phi) is 7.37. The first-order valence-electron chi connectivity index (χ1n) is 12.8. The summed E-state index contributed by atoms with van der Waals surface area (Å²) >= 11 is 0. The van der Waals surface area contributed by atoms with E-state index in [9.17, 15) is 31.1 Å². The van der Waals surface area contributed by atoms with Crippen LogP contribution >= 0.6 is 0 Å². The summed E-state index contributed by atoms with van der Waals surface area (Å²) < 4.78 is 82.1. The molecule has 0 unspecified atom stereocenters. The second-order valence-electron chi connectivity index (χ2n) is 10.1. The first-order valence-corrected chi connectivity index (χ1v) is 12.8. The summed E-state index contributed by atoms with van der Waals surface area (Å²) in [6, 6.07) is 9.33. The summed E-state index contributed by atoms with van der Waals surface area (Å²) in [5.41, 5.74) is -0.0121. The highest BCUT2D eigenvalue weighted by molar-refractivity contribution is 5.83. The number of nitrogens with zero attached hydrogens (tertiary/aromatic N) is 1. The lowest BCUT2D eigenvalue weighted by Gasteiger charge is -2.23. The second kappa shape index (κ2) is 10.6. The number of aromatic nitrogens is 3. The first kappa shape index (κ1) is 27.1. The molecule has 4 aromatic rings. The third-order valence-electron chi connectivity index (χ3n) is 7.42. The minimum absolute atomic E-state index is 0.0859. The molecular weight excluding hydrogens is 522 g/mol. The molecule has 0 spiro atoms. The van der Waals surface area contributed by atoms with Gasteiger partial charge in [0.15, 0.2) is 0 Å². The zero-order valence-corrected chi connectivity index (χ0v) is 21.0. The monoisotopic (exact) mass is 550 g/mol. The Balaban J connectivity index is 1.50. The van der Waals surface area contributed by atoms with E-state index in [4.69, 9.17) is 0 Å². The highest BCUT2D eigenvalue weighted by Crippen LogP contribution is 2.36. The highest BCUT2D eigenvalue weighted by atomic mass is 19.4. The van der Waals surface area contributed by atoms with Gasteiger partial charge in [0, 0.05) is 41.5 Å². The van der Waals surface area contributed by atoms with E-state index in [2.05, 4.69) is 15.3 Å². The van der Waals surface area contributed by atoms with Crippen molar-refractivity contribution in [1.82, 2.24) is 19.9 Å². The van der Waals surface area contributed by atoms with Gasteiger partial charge in [-0.25, -0.2) is 4.79 Å². The summed E-state index contributed by atoms with van der Waals surface area (Å²) in [5.74, 6) is 0.241. The number of fused-ring (bicyclic) bond motifs is 1. The molecule has 5 nitrogen and oxygen atoms in total. The molecule has 0 bridgehead atoms. The zero-order valence-electron chi connectivity index (χ0n) is 21.0. The van der Waals surface area contributed by atoms with E-state index in [1.165, 1.54) is 0 Å². The lowest BCUT2D eigenvalue weighted by molar-refractivity contribution is -0.143. The lowest BCUT2D eigenvalue weighted by atomic mass is 9.97. The molecule has 0 amide bonds. The normalized spacial score (nSPS) is 15.3. The summed E-state index contributed by atoms with van der Waals surface area (Å²) in [7, 11) is 0. The van der Waals surface area contributed by atoms with Crippen LogP contribution in [-0.2, 0) is 38.2 Å². The van der Waals surface area contributed by atoms with Crippen LogP contribution in [0.3, 0.4) is 0 Å². The van der Waals surface area contributed by atoms with Crippen molar-refractivity contribution in [2.24, 2.45) is 5.92 Å². The fourth-order valence-electron chi connectivity index (χ4n) is 5.40. The molecule has 1 saturated heterocycles. The van der Waals surface area contributed by atoms with Gasteiger partial charge in [-0.2, -0.15) is 26.3 Å². The van der Waals surface area contributed by atoms with Gasteiger partial charge in [-0.05, 0) is 80.1 Å². The Labute approximate surface area is 220 Å². The number of piperidine rings is 1. The molecule has 1 fully saturated rings. The molecule has 0 saturated carbocycles. The molecule has 2 aromatic carbocycles. The smallest absolute Gasteiger partial charge is 0.361 e. The summed E-state index contributed by atoms with van der Waals surface area (Å²) in [6.45, 7) is 2.09. The van der Waals surface area contributed by atoms with Gasteiger partial charge in [-0.15, -0.1) is 0 Å². The van der Waals surface area contributed by atoms with Crippen LogP contribution in [0.2, 0.25) is 0 Å². The Morgan fingerprint density at radius 3 is 2.23 bits per heavy atom. The number of para-hydroxylation sites is 1. The molecule has 3 heterocycles. The van der Waals surface area contributed by atoms with E-state index in [0.29, 0.717) is 24.4 Å². The van der Waals surface area contributed by atoms with Crippen LogP contribution in [0.1, 0.15) is 46.5 Å². The number of benzene rings is 2. The number of aryl methyl sites for hydroxylation is 1. The number of rotatable bonds is 7. The Morgan fingerprint density at radius 2 is 1.56 bits per heavy atom. The van der Waals surface area contributed by atoms with Gasteiger partial charge in [0.05, 0.1) is 11.1 Å². The van der Waals surface area contributed by atoms with Crippen molar-refractivity contribution in [3.05, 3.63) is 92.8 Å². The number of alkyl halides is 6. The topological polar surface area (TPSA) is 65.6 Å². The van der Waals surface area contributed by atoms with Gasteiger partial charge in [-0.3, -0.25) is 4.57 Å². The predicted molar refractivity (Wildman–Crippen MR) is 136 cm³/mol. The average molecular weight is 551 g/mol. The number of aromatic amines is 2. The number of nitrogens with one attached hydrogen (secondary N) is 3. The van der Waals surface area contributed by atoms with Gasteiger partial charge in [0.1, 0.15) is 0 Å². The van der Waals surface area contributed by atoms with Crippen LogP contribution < -0.4 is 11.0 Å². The van der Waals surface area contributed by atoms with E-state index in [1.807, 2.05) is 30.5 Å². The fraction of sp³-hybridized carbons (Fsp3) is 0.393. The van der Waals surface area contributed by atoms with Crippen molar-refractivity contribution in [3.63, 3.8) is 0 Å². The molecule has 5 rings (SSSR count). The molecule has 2 aromatic heterocycles. The third-order valence-corrected chi connectivity index (χ3v) is 7.42. The quantitative estimate of drug-likeness (QED) is 0.245. The minimum atomic E-state index is -4.91. The van der Waals surface area contributed by atoms with Crippen molar-refractivity contribution in [3.8, 4) is 0 Å². The molecular formula is C28H28F6N4O. The maximum atomic E-state index is 13.4. The molecule has 0 aliphatic carbocycles. The SMILES string of the molecule is O=c1[nH]c(Cc2c[nH]c3ccccc23)c(CCc2cc(C(F)(F)F)cc(C(F)(F)F)c2)n1CC1CCNCC1. The number of hydrogen-bond acceptors (Lipinski definition) is 2. The maximum absolute atomic E-state index is 13.4. The third kappa shape index (κ3) is 6.08. The van der Waals surface area contributed by atoms with Crippen molar-refractivity contribution in [2.75, 3.05) is 13.1 Å². The van der Waals surface area contributed by atoms with E-state index in [0.717, 1.165) is 54.5 Å². The second-order valence-corrected chi connectivity index (χ2v) is 10.1. The van der Waals surface area contributed by atoms with Crippen LogP contribution in [0.5, 0.6) is 0 Å². The van der Waals surface area contributed by atoms with Crippen LogP contribution in [0, 0.1) is 5.92 Å². The Bertz CT molecular complexity index is 1470. The molecule has 0 radical (unpaired) electrons. The van der Waals surface area contributed by atoms with Crippen molar-refractivity contribution >= 4 is 10.9 Å². The molecule has 0 atom stereocenters. The van der Waals surface area contributed by atoms with E-state index < -0.39 is 23.5 Å². The fourth-order valence-corrected chi connectivity index (χ4v) is 5.40. The lowest BCUT2D eigenvalue weighted by Crippen LogP contribution is -2.32. The van der Waals surface area contributed by atoms with Gasteiger partial charge >= 0.3 is 18.0 Å². The van der Waals surface area contributed by atoms with Gasteiger partial charge in [-0.1, -0.05) is 18.2 Å². The van der Waals surface area contributed by atoms with E-state index in [1.54, 1.807) is 4.57 Å². The van der Waals surface area contributed by atoms with E-state index in [-0.39, 0.29) is 36.1 Å². The number of H-pyrrole nitrogens is 2. The molecule has 1 aliphatic rings. The standard InChI is InChI=1S/C28H28F6N4O/c29-27(30,31)20-11-18(12-21(14-20)28(32,33)34)5-6-25-24(13-19-15-36-23-4-2-1-3-22(19)23)37-26(39)38(25)16-17-7-9-35-10-8-17/h1-4,11-12,14-15,17,35-36H,5-10,13,16H2,(H,37,39). The molecule has 39 heavy (non-hydrogen) atoms. The minimum Gasteiger partial charge on any atom is -0.361 e. The molecule has 11 heteroatoms. The van der Waals surface area contributed by atoms with Crippen molar-refractivity contribution in [1.29, 1.82) is 0 Å². The number of imidazole rings is 1. The summed E-state index contributed by atoms with van der Waals surface area (Å²) in [4.78, 5) is 19.2. The molecule has 208 valence electrons. The van der Waals surface area contributed by atoms with Gasteiger partial charge in [0.2, 0.25) is 0 Å². The van der Waals surface area contributed by atoms with Crippen molar-refractivity contribution < 1.29 is 26.3 Å². The summed E-state index contributed by atoms with van der Waals surface area (Å²) in [5, 5.41) is 4.26. The average Bonchev–Trinajstić information content (AvgIpc) is 3.42. The first-order chi connectivity index (χ1) is 18.5. The maximum Gasteiger partial charge on any atom is 0.416 e. The zero-order chi connectivity index (χ0) is 27.8. The van der Waals surface area contributed by atoms with Crippen molar-refractivity contribution in [2.45, 2.75) is 51.0 Å². The largest absolute Gasteiger partial charge is 0.416 e. The van der Waals surface area contributed by atoms with Crippen LogP contribution in [0.25, 0.3) is 10.9 Å². The Morgan fingerprint density at radius 1 is 0.897 bits per heavy atom. The number of halogens is 6. The van der Waals surface area contributed by atoms with Crippen LogP contribution in [-0.4, -0.2) is 27.6 Å². The predicted octanol–water partition coefficient (Wildman–Crippen LogP) is 6.07. The van der Waals surface area contributed by atoms with Crippen LogP contribution in [0.4, 0.5) is 26.3 Å². The van der Waals surface area contributed by atoms with E-state index >= 15 is 0 Å². The molecule has 3 N–H and O–H groups in total. The van der Waals surface area contributed by atoms with Gasteiger partial charge in [0.25, 0.3) is 0 Å². The number of hydrogen-bond donors (Lipinski definition) is 3.